The molecule has 2 aliphatic rings. The number of methoxy groups -OCH3 is 1. The highest BCUT2D eigenvalue weighted by molar-refractivity contribution is 5.70. The first-order chi connectivity index (χ1) is 9.19. The first-order valence-corrected chi connectivity index (χ1v) is 6.81. The van der Waals surface area contributed by atoms with Crippen molar-refractivity contribution in [1.29, 1.82) is 0 Å². The van der Waals surface area contributed by atoms with Crippen LogP contribution in [0.15, 0.2) is 12.1 Å². The summed E-state index contributed by atoms with van der Waals surface area (Å²) in [6.07, 6.45) is 2.68. The van der Waals surface area contributed by atoms with Gasteiger partial charge in [0, 0.05) is 44.4 Å². The van der Waals surface area contributed by atoms with Crippen LogP contribution in [-0.2, 0) is 0 Å². The van der Waals surface area contributed by atoms with Crippen LogP contribution in [0.3, 0.4) is 0 Å². The van der Waals surface area contributed by atoms with Gasteiger partial charge in [0.2, 0.25) is 0 Å². The molecule has 0 unspecified atom stereocenters. The Labute approximate surface area is 112 Å². The molecule has 1 aliphatic carbocycles. The minimum absolute atomic E-state index is 0.258. The highest BCUT2D eigenvalue weighted by Gasteiger charge is 2.31. The molecule has 0 atom stereocenters. The second-order valence-electron chi connectivity index (χ2n) is 5.30. The molecular formula is C14H20FN3O. The molecule has 0 bridgehead atoms. The van der Waals surface area contributed by atoms with Crippen LogP contribution in [0, 0.1) is 5.82 Å². The molecule has 1 saturated heterocycles. The lowest BCUT2D eigenvalue weighted by atomic mass is 10.2. The average molecular weight is 265 g/mol. The lowest BCUT2D eigenvalue weighted by Gasteiger charge is -2.36. The maximum atomic E-state index is 13.5. The summed E-state index contributed by atoms with van der Waals surface area (Å²) in [6.45, 7) is 4.00. The van der Waals surface area contributed by atoms with Crippen LogP contribution in [0.1, 0.15) is 12.8 Å². The normalized spacial score (nSPS) is 20.6. The largest absolute Gasteiger partial charge is 0.494 e. The highest BCUT2D eigenvalue weighted by atomic mass is 19.1. The number of piperazine rings is 1. The molecule has 1 aromatic rings. The molecule has 4 nitrogen and oxygen atoms in total. The minimum Gasteiger partial charge on any atom is -0.494 e. The van der Waals surface area contributed by atoms with Crippen molar-refractivity contribution in [2.45, 2.75) is 18.9 Å². The fraction of sp³-hybridized carbons (Fsp3) is 0.571. The maximum Gasteiger partial charge on any atom is 0.167 e. The number of nitrogens with zero attached hydrogens (tertiary/aromatic N) is 2. The summed E-state index contributed by atoms with van der Waals surface area (Å²) in [5.41, 5.74) is 7.30. The molecule has 2 fully saturated rings. The number of anilines is 2. The standard InChI is InChI=1S/C14H20FN3O/c1-19-14-9-13(12(16)8-11(14)15)18-6-4-17(5-7-18)10-2-3-10/h8-10H,2-7,16H2,1H3. The van der Waals surface area contributed by atoms with Gasteiger partial charge in [-0.15, -0.1) is 0 Å². The molecule has 1 aromatic carbocycles. The average Bonchev–Trinajstić information content (AvgIpc) is 3.24. The third-order valence-corrected chi connectivity index (χ3v) is 4.02. The van der Waals surface area contributed by atoms with Gasteiger partial charge < -0.3 is 15.4 Å². The van der Waals surface area contributed by atoms with Crippen LogP contribution < -0.4 is 15.4 Å². The molecule has 1 aliphatic heterocycles. The SMILES string of the molecule is COc1cc(N2CCN(C3CC3)CC2)c(N)cc1F. The third kappa shape index (κ3) is 2.47. The van der Waals surface area contributed by atoms with Crippen LogP contribution in [0.5, 0.6) is 5.75 Å². The van der Waals surface area contributed by atoms with Gasteiger partial charge in [-0.2, -0.15) is 0 Å². The second-order valence-corrected chi connectivity index (χ2v) is 5.30. The number of nitrogen functional groups attached to an aromatic ring is 1. The van der Waals surface area contributed by atoms with Gasteiger partial charge in [0.05, 0.1) is 18.5 Å². The summed E-state index contributed by atoms with van der Waals surface area (Å²) < 4.78 is 18.6. The fourth-order valence-corrected chi connectivity index (χ4v) is 2.76. The fourth-order valence-electron chi connectivity index (χ4n) is 2.76. The van der Waals surface area contributed by atoms with Crippen LogP contribution in [0.2, 0.25) is 0 Å². The van der Waals surface area contributed by atoms with Crippen molar-refractivity contribution in [1.82, 2.24) is 4.90 Å². The Balaban J connectivity index is 1.75. The molecule has 1 saturated carbocycles. The topological polar surface area (TPSA) is 41.7 Å². The van der Waals surface area contributed by atoms with Gasteiger partial charge >= 0.3 is 0 Å². The number of benzene rings is 1. The molecular weight excluding hydrogens is 245 g/mol. The first-order valence-electron chi connectivity index (χ1n) is 6.81. The van der Waals surface area contributed by atoms with Gasteiger partial charge in [-0.1, -0.05) is 0 Å². The van der Waals surface area contributed by atoms with E-state index in [0.29, 0.717) is 5.69 Å². The molecule has 0 aromatic heterocycles. The zero-order valence-electron chi connectivity index (χ0n) is 11.2. The molecule has 0 spiro atoms. The van der Waals surface area contributed by atoms with Gasteiger partial charge in [0.25, 0.3) is 0 Å². The maximum absolute atomic E-state index is 13.5. The Morgan fingerprint density at radius 3 is 2.47 bits per heavy atom. The zero-order valence-corrected chi connectivity index (χ0v) is 11.2. The zero-order chi connectivity index (χ0) is 13.4. The number of nitrogens with two attached hydrogens (primary N) is 1. The highest BCUT2D eigenvalue weighted by Crippen LogP contribution is 2.33. The van der Waals surface area contributed by atoms with Crippen molar-refractivity contribution >= 4 is 11.4 Å². The third-order valence-electron chi connectivity index (χ3n) is 4.02. The Morgan fingerprint density at radius 1 is 1.21 bits per heavy atom. The van der Waals surface area contributed by atoms with E-state index in [9.17, 15) is 4.39 Å². The van der Waals surface area contributed by atoms with Gasteiger partial charge in [-0.05, 0) is 12.8 Å². The van der Waals surface area contributed by atoms with E-state index in [2.05, 4.69) is 9.80 Å². The molecule has 1 heterocycles. The number of ether oxygens (including phenoxy) is 1. The van der Waals surface area contributed by atoms with E-state index in [1.54, 1.807) is 6.07 Å². The number of halogens is 1. The van der Waals surface area contributed by atoms with Gasteiger partial charge in [0.1, 0.15) is 0 Å². The summed E-state index contributed by atoms with van der Waals surface area (Å²) in [5.74, 6) is -0.144. The Kier molecular flexibility index (Phi) is 3.22. The summed E-state index contributed by atoms with van der Waals surface area (Å²) in [6, 6.07) is 3.86. The van der Waals surface area contributed by atoms with Gasteiger partial charge in [-0.25, -0.2) is 4.39 Å². The molecule has 3 rings (SSSR count). The number of hydrogen-bond donors (Lipinski definition) is 1. The van der Waals surface area contributed by atoms with E-state index >= 15 is 0 Å². The molecule has 104 valence electrons. The minimum atomic E-state index is -0.402. The molecule has 2 N–H and O–H groups in total. The predicted octanol–water partition coefficient (Wildman–Crippen LogP) is 1.70. The first kappa shape index (κ1) is 12.5. The summed E-state index contributed by atoms with van der Waals surface area (Å²) in [5, 5.41) is 0. The Morgan fingerprint density at radius 2 is 1.89 bits per heavy atom. The van der Waals surface area contributed by atoms with Gasteiger partial charge in [0.15, 0.2) is 11.6 Å². The van der Waals surface area contributed by atoms with Crippen LogP contribution in [0.25, 0.3) is 0 Å². The van der Waals surface area contributed by atoms with E-state index in [1.807, 2.05) is 0 Å². The van der Waals surface area contributed by atoms with Crippen molar-refractivity contribution in [2.24, 2.45) is 0 Å². The van der Waals surface area contributed by atoms with Crippen molar-refractivity contribution in [3.8, 4) is 5.75 Å². The van der Waals surface area contributed by atoms with Crippen molar-refractivity contribution in [3.05, 3.63) is 17.9 Å². The van der Waals surface area contributed by atoms with E-state index < -0.39 is 5.82 Å². The lowest BCUT2D eigenvalue weighted by molar-refractivity contribution is 0.248. The van der Waals surface area contributed by atoms with Crippen LogP contribution in [0.4, 0.5) is 15.8 Å². The van der Waals surface area contributed by atoms with E-state index in [0.717, 1.165) is 37.9 Å². The van der Waals surface area contributed by atoms with E-state index in [4.69, 9.17) is 10.5 Å². The van der Waals surface area contributed by atoms with E-state index in [-0.39, 0.29) is 5.75 Å². The Bertz CT molecular complexity index is 468. The van der Waals surface area contributed by atoms with Crippen LogP contribution >= 0.6 is 0 Å². The summed E-state index contributed by atoms with van der Waals surface area (Å²) in [7, 11) is 1.48. The monoisotopic (exact) mass is 265 g/mol. The molecule has 0 amide bonds. The smallest absolute Gasteiger partial charge is 0.167 e. The van der Waals surface area contributed by atoms with Gasteiger partial charge in [-0.3, -0.25) is 4.90 Å². The van der Waals surface area contributed by atoms with Crippen molar-refractivity contribution in [2.75, 3.05) is 43.9 Å². The summed E-state index contributed by atoms with van der Waals surface area (Å²) in [4.78, 5) is 4.75. The number of rotatable bonds is 3. The molecule has 0 radical (unpaired) electrons. The van der Waals surface area contributed by atoms with E-state index in [1.165, 1.54) is 26.0 Å². The Hall–Kier alpha value is -1.49. The lowest BCUT2D eigenvalue weighted by Crippen LogP contribution is -2.47. The quantitative estimate of drug-likeness (QED) is 0.845. The number of hydrogen-bond acceptors (Lipinski definition) is 4. The molecule has 5 heteroatoms. The predicted molar refractivity (Wildman–Crippen MR) is 74.2 cm³/mol. The van der Waals surface area contributed by atoms with Crippen LogP contribution in [-0.4, -0.2) is 44.2 Å². The second kappa shape index (κ2) is 4.89. The summed E-state index contributed by atoms with van der Waals surface area (Å²) >= 11 is 0. The van der Waals surface area contributed by atoms with Crippen molar-refractivity contribution < 1.29 is 9.13 Å². The van der Waals surface area contributed by atoms with Crippen molar-refractivity contribution in [3.63, 3.8) is 0 Å². The molecule has 19 heavy (non-hydrogen) atoms.